The van der Waals surface area contributed by atoms with Crippen LogP contribution in [-0.4, -0.2) is 43.3 Å². The number of unbranched alkanes of at least 4 members (excludes halogenated alkanes) is 1. The van der Waals surface area contributed by atoms with Crippen LogP contribution >= 0.6 is 0 Å². The Bertz CT molecular complexity index is 1250. The van der Waals surface area contributed by atoms with Crippen molar-refractivity contribution in [1.82, 2.24) is 5.32 Å². The van der Waals surface area contributed by atoms with Gasteiger partial charge in [0.2, 0.25) is 0 Å². The Hall–Kier alpha value is -4.04. The lowest BCUT2D eigenvalue weighted by Gasteiger charge is -2.17. The summed E-state index contributed by atoms with van der Waals surface area (Å²) in [5, 5.41) is 7.10. The van der Waals surface area contributed by atoms with Gasteiger partial charge < -0.3 is 21.1 Å². The van der Waals surface area contributed by atoms with Crippen LogP contribution in [0.2, 0.25) is 0 Å². The van der Waals surface area contributed by atoms with Crippen molar-refractivity contribution in [3.63, 3.8) is 0 Å². The number of hydrogen-bond donors (Lipinski definition) is 3. The molecule has 3 aromatic carbocycles. The van der Waals surface area contributed by atoms with Crippen LogP contribution in [0.15, 0.2) is 60.7 Å². The van der Waals surface area contributed by atoms with Gasteiger partial charge in [-0.05, 0) is 67.8 Å². The molecular formula is C27H29N3O5. The SMILES string of the molecule is COC(=O)[C@H](CCCCN)NC(=O)C(=O)c1cc(C)ccc1NC(=O)c1ccc2ccccc2c1. The van der Waals surface area contributed by atoms with E-state index in [1.807, 2.05) is 30.3 Å². The molecule has 0 saturated heterocycles. The van der Waals surface area contributed by atoms with Gasteiger partial charge in [0, 0.05) is 5.56 Å². The van der Waals surface area contributed by atoms with Crippen molar-refractivity contribution in [3.8, 4) is 0 Å². The second-order valence-corrected chi connectivity index (χ2v) is 8.23. The van der Waals surface area contributed by atoms with Crippen molar-refractivity contribution in [1.29, 1.82) is 0 Å². The smallest absolute Gasteiger partial charge is 0.328 e. The molecule has 0 heterocycles. The maximum absolute atomic E-state index is 13.1. The molecule has 0 fully saturated rings. The van der Waals surface area contributed by atoms with Crippen LogP contribution in [0.4, 0.5) is 5.69 Å². The van der Waals surface area contributed by atoms with Crippen LogP contribution < -0.4 is 16.4 Å². The largest absolute Gasteiger partial charge is 0.467 e. The number of rotatable bonds is 10. The van der Waals surface area contributed by atoms with Gasteiger partial charge in [-0.1, -0.05) is 42.0 Å². The fourth-order valence-corrected chi connectivity index (χ4v) is 3.71. The van der Waals surface area contributed by atoms with Crippen molar-refractivity contribution < 1.29 is 23.9 Å². The van der Waals surface area contributed by atoms with E-state index in [0.29, 0.717) is 31.4 Å². The highest BCUT2D eigenvalue weighted by Gasteiger charge is 2.27. The molecule has 8 nitrogen and oxygen atoms in total. The number of aryl methyl sites for hydroxylation is 1. The average Bonchev–Trinajstić information content (AvgIpc) is 2.87. The van der Waals surface area contributed by atoms with E-state index in [2.05, 4.69) is 10.6 Å². The molecule has 0 aromatic heterocycles. The number of methoxy groups -OCH3 is 1. The monoisotopic (exact) mass is 475 g/mol. The minimum atomic E-state index is -0.969. The molecule has 0 aliphatic rings. The number of anilines is 1. The van der Waals surface area contributed by atoms with Gasteiger partial charge in [0.15, 0.2) is 0 Å². The van der Waals surface area contributed by atoms with E-state index < -0.39 is 29.6 Å². The predicted octanol–water partition coefficient (Wildman–Crippen LogP) is 3.37. The molecule has 0 radical (unpaired) electrons. The summed E-state index contributed by atoms with van der Waals surface area (Å²) in [6.45, 7) is 2.22. The maximum atomic E-state index is 13.1. The molecule has 182 valence electrons. The fraction of sp³-hybridized carbons (Fsp3) is 0.259. The van der Waals surface area contributed by atoms with Crippen molar-refractivity contribution in [3.05, 3.63) is 77.4 Å². The van der Waals surface area contributed by atoms with Gasteiger partial charge in [0.05, 0.1) is 18.4 Å². The summed E-state index contributed by atoms with van der Waals surface area (Å²) in [4.78, 5) is 50.8. The van der Waals surface area contributed by atoms with Crippen molar-refractivity contribution in [2.24, 2.45) is 5.73 Å². The second-order valence-electron chi connectivity index (χ2n) is 8.23. The standard InChI is InChI=1S/C27H29N3O5/c1-17-10-13-22(29-25(32)20-12-11-18-7-3-4-8-19(18)16-20)21(15-17)24(31)26(33)30-23(27(34)35-2)9-5-6-14-28/h3-4,7-8,10-13,15-16,23H,5-6,9,14,28H2,1-2H3,(H,29,32)(H,30,33)/t23-/m0/s1. The number of esters is 1. The third-order valence-electron chi connectivity index (χ3n) is 5.62. The van der Waals surface area contributed by atoms with Crippen LogP contribution in [0, 0.1) is 6.92 Å². The first-order chi connectivity index (χ1) is 16.8. The Kier molecular flexibility index (Phi) is 8.69. The fourth-order valence-electron chi connectivity index (χ4n) is 3.71. The Morgan fingerprint density at radius 3 is 2.40 bits per heavy atom. The molecule has 0 saturated carbocycles. The Morgan fingerprint density at radius 1 is 0.943 bits per heavy atom. The van der Waals surface area contributed by atoms with E-state index in [0.717, 1.165) is 16.3 Å². The van der Waals surface area contributed by atoms with E-state index in [1.54, 1.807) is 31.2 Å². The van der Waals surface area contributed by atoms with E-state index in [1.165, 1.54) is 13.2 Å². The zero-order valence-corrected chi connectivity index (χ0v) is 19.8. The molecule has 8 heteroatoms. The van der Waals surface area contributed by atoms with Crippen LogP contribution in [0.1, 0.15) is 45.5 Å². The first-order valence-electron chi connectivity index (χ1n) is 11.4. The zero-order chi connectivity index (χ0) is 25.4. The molecule has 4 N–H and O–H groups in total. The van der Waals surface area contributed by atoms with Gasteiger partial charge in [-0.2, -0.15) is 0 Å². The highest BCUT2D eigenvalue weighted by molar-refractivity contribution is 6.44. The third kappa shape index (κ3) is 6.51. The molecule has 0 aliphatic carbocycles. The van der Waals surface area contributed by atoms with Gasteiger partial charge in [-0.15, -0.1) is 0 Å². The molecule has 0 aliphatic heterocycles. The zero-order valence-electron chi connectivity index (χ0n) is 19.8. The van der Waals surface area contributed by atoms with Gasteiger partial charge in [0.25, 0.3) is 17.6 Å². The van der Waals surface area contributed by atoms with Crippen LogP contribution in [0.5, 0.6) is 0 Å². The molecule has 3 rings (SSSR count). The number of amides is 2. The highest BCUT2D eigenvalue weighted by atomic mass is 16.5. The molecule has 1 atom stereocenters. The summed E-state index contributed by atoms with van der Waals surface area (Å²) >= 11 is 0. The summed E-state index contributed by atoms with van der Waals surface area (Å²) < 4.78 is 4.75. The minimum absolute atomic E-state index is 0.0298. The van der Waals surface area contributed by atoms with Crippen LogP contribution in [0.25, 0.3) is 10.8 Å². The normalized spacial score (nSPS) is 11.5. The summed E-state index contributed by atoms with van der Waals surface area (Å²) in [6, 6.07) is 16.8. The molecule has 2 amide bonds. The lowest BCUT2D eigenvalue weighted by Crippen LogP contribution is -2.44. The third-order valence-corrected chi connectivity index (χ3v) is 5.62. The summed E-state index contributed by atoms with van der Waals surface area (Å²) in [5.41, 5.74) is 6.88. The van der Waals surface area contributed by atoms with Gasteiger partial charge >= 0.3 is 5.97 Å². The number of ether oxygens (including phenoxy) is 1. The second kappa shape index (κ2) is 11.9. The molecule has 0 bridgehead atoms. The Morgan fingerprint density at radius 2 is 1.69 bits per heavy atom. The Labute approximate surface area is 203 Å². The average molecular weight is 476 g/mol. The maximum Gasteiger partial charge on any atom is 0.328 e. The van der Waals surface area contributed by atoms with E-state index in [9.17, 15) is 19.2 Å². The quantitative estimate of drug-likeness (QED) is 0.179. The summed E-state index contributed by atoms with van der Waals surface area (Å²) in [5.74, 6) is -2.88. The number of nitrogens with two attached hydrogens (primary N) is 1. The number of Topliss-reactive ketones (excluding diaryl/α,β-unsaturated/α-hetero) is 1. The summed E-state index contributed by atoms with van der Waals surface area (Å²) in [7, 11) is 1.22. The number of carbonyl (C=O) groups excluding carboxylic acids is 4. The molecular weight excluding hydrogens is 446 g/mol. The topological polar surface area (TPSA) is 128 Å². The lowest BCUT2D eigenvalue weighted by molar-refractivity contribution is -0.144. The van der Waals surface area contributed by atoms with Crippen molar-refractivity contribution >= 4 is 40.0 Å². The number of benzene rings is 3. The predicted molar refractivity (Wildman–Crippen MR) is 134 cm³/mol. The molecule has 0 spiro atoms. The number of ketones is 1. The number of carbonyl (C=O) groups is 4. The number of nitrogens with one attached hydrogen (secondary N) is 2. The Balaban J connectivity index is 1.80. The van der Waals surface area contributed by atoms with Crippen LogP contribution in [0.3, 0.4) is 0 Å². The van der Waals surface area contributed by atoms with Crippen LogP contribution in [-0.2, 0) is 14.3 Å². The van der Waals surface area contributed by atoms with E-state index in [4.69, 9.17) is 10.5 Å². The molecule has 0 unspecified atom stereocenters. The van der Waals surface area contributed by atoms with E-state index in [-0.39, 0.29) is 11.3 Å². The lowest BCUT2D eigenvalue weighted by atomic mass is 10.0. The minimum Gasteiger partial charge on any atom is -0.467 e. The highest BCUT2D eigenvalue weighted by Crippen LogP contribution is 2.21. The van der Waals surface area contributed by atoms with E-state index >= 15 is 0 Å². The van der Waals surface area contributed by atoms with Gasteiger partial charge in [0.1, 0.15) is 6.04 Å². The summed E-state index contributed by atoms with van der Waals surface area (Å²) in [6.07, 6.45) is 1.55. The molecule has 35 heavy (non-hydrogen) atoms. The first kappa shape index (κ1) is 25.6. The number of hydrogen-bond acceptors (Lipinski definition) is 6. The van der Waals surface area contributed by atoms with Crippen molar-refractivity contribution in [2.45, 2.75) is 32.2 Å². The van der Waals surface area contributed by atoms with Gasteiger partial charge in [-0.25, -0.2) is 4.79 Å². The first-order valence-corrected chi connectivity index (χ1v) is 11.4. The van der Waals surface area contributed by atoms with Crippen molar-refractivity contribution in [2.75, 3.05) is 19.0 Å². The van der Waals surface area contributed by atoms with Gasteiger partial charge in [-0.3, -0.25) is 14.4 Å². The number of fused-ring (bicyclic) bond motifs is 1. The molecule has 3 aromatic rings.